The van der Waals surface area contributed by atoms with Crippen LogP contribution in [0.25, 0.3) is 0 Å². The molecule has 3 amide bonds. The molecule has 0 radical (unpaired) electrons. The Morgan fingerprint density at radius 1 is 1.09 bits per heavy atom. The molecule has 34 heavy (non-hydrogen) atoms. The van der Waals surface area contributed by atoms with Crippen LogP contribution in [0.1, 0.15) is 59.4 Å². The molecular weight excluding hydrogens is 456 g/mol. The molecule has 4 rings (SSSR count). The summed E-state index contributed by atoms with van der Waals surface area (Å²) in [6.45, 7) is 2.26. The van der Waals surface area contributed by atoms with Crippen molar-refractivity contribution in [1.82, 2.24) is 14.8 Å². The highest BCUT2D eigenvalue weighted by atomic mass is 32.1. The van der Waals surface area contributed by atoms with Crippen molar-refractivity contribution in [1.29, 1.82) is 0 Å². The minimum atomic E-state index is -1.14. The zero-order chi connectivity index (χ0) is 23.9. The number of urea groups is 1. The lowest BCUT2D eigenvalue weighted by Crippen LogP contribution is -2.51. The highest BCUT2D eigenvalue weighted by molar-refractivity contribution is 7.14. The maximum atomic E-state index is 13.0. The monoisotopic (exact) mass is 486 g/mol. The summed E-state index contributed by atoms with van der Waals surface area (Å²) in [5.74, 6) is 0.247. The smallest absolute Gasteiger partial charge is 0.355 e. The molecule has 2 aromatic rings. The predicted molar refractivity (Wildman–Crippen MR) is 129 cm³/mol. The number of thiazole rings is 1. The first-order valence-corrected chi connectivity index (χ1v) is 12.6. The SMILES string of the molecule is O=C(O)c1csc(NC(=O)N2CCN(C(=O)c3cccc(OCCC4CCCCC4)c3)CC2)n1. The molecule has 1 aliphatic heterocycles. The first-order valence-electron chi connectivity index (χ1n) is 11.8. The highest BCUT2D eigenvalue weighted by Crippen LogP contribution is 2.26. The van der Waals surface area contributed by atoms with E-state index in [-0.39, 0.29) is 22.8 Å². The van der Waals surface area contributed by atoms with Gasteiger partial charge in [0.2, 0.25) is 0 Å². The number of nitrogens with zero attached hydrogens (tertiary/aromatic N) is 3. The fourth-order valence-electron chi connectivity index (χ4n) is 4.43. The first kappa shape index (κ1) is 24.0. The van der Waals surface area contributed by atoms with Crippen LogP contribution in [0, 0.1) is 5.92 Å². The maximum absolute atomic E-state index is 13.0. The standard InChI is InChI=1S/C24H30N4O5S/c29-21(18-7-4-8-19(15-18)33-14-9-17-5-2-1-3-6-17)27-10-12-28(13-11-27)24(32)26-23-25-20(16-34-23)22(30)31/h4,7-8,15-17H,1-3,5-6,9-14H2,(H,30,31)(H,25,26,32). The Hall–Kier alpha value is -3.14. The average molecular weight is 487 g/mol. The number of aromatic carboxylic acids is 1. The van der Waals surface area contributed by atoms with Crippen molar-refractivity contribution in [3.05, 3.63) is 40.9 Å². The van der Waals surface area contributed by atoms with Crippen molar-refractivity contribution >= 4 is 34.4 Å². The molecule has 1 aromatic carbocycles. The van der Waals surface area contributed by atoms with E-state index in [0.717, 1.165) is 23.7 Å². The van der Waals surface area contributed by atoms with Crippen LogP contribution in [-0.2, 0) is 0 Å². The van der Waals surface area contributed by atoms with E-state index in [0.29, 0.717) is 44.1 Å². The molecule has 1 aliphatic carbocycles. The van der Waals surface area contributed by atoms with Gasteiger partial charge < -0.3 is 19.6 Å². The third-order valence-corrected chi connectivity index (χ3v) is 7.15. The van der Waals surface area contributed by atoms with Gasteiger partial charge >= 0.3 is 12.0 Å². The van der Waals surface area contributed by atoms with Crippen LogP contribution in [0.5, 0.6) is 5.75 Å². The number of carbonyl (C=O) groups is 3. The van der Waals surface area contributed by atoms with Gasteiger partial charge in [0.25, 0.3) is 5.91 Å². The molecule has 0 spiro atoms. The van der Waals surface area contributed by atoms with E-state index < -0.39 is 5.97 Å². The van der Waals surface area contributed by atoms with E-state index >= 15 is 0 Å². The average Bonchev–Trinajstić information content (AvgIpc) is 3.33. The molecule has 2 heterocycles. The molecule has 9 nitrogen and oxygen atoms in total. The summed E-state index contributed by atoms with van der Waals surface area (Å²) in [5.41, 5.74) is 0.480. The Balaban J connectivity index is 1.24. The van der Waals surface area contributed by atoms with Crippen molar-refractivity contribution < 1.29 is 24.2 Å². The number of aromatic nitrogens is 1. The zero-order valence-electron chi connectivity index (χ0n) is 19.1. The van der Waals surface area contributed by atoms with Gasteiger partial charge in [0.15, 0.2) is 10.8 Å². The summed E-state index contributed by atoms with van der Waals surface area (Å²) in [5, 5.41) is 13.2. The van der Waals surface area contributed by atoms with Crippen molar-refractivity contribution in [2.75, 3.05) is 38.1 Å². The van der Waals surface area contributed by atoms with Crippen LogP contribution in [0.15, 0.2) is 29.6 Å². The molecule has 182 valence electrons. The number of benzene rings is 1. The van der Waals surface area contributed by atoms with Gasteiger partial charge in [-0.3, -0.25) is 10.1 Å². The van der Waals surface area contributed by atoms with Gasteiger partial charge in [0, 0.05) is 37.1 Å². The highest BCUT2D eigenvalue weighted by Gasteiger charge is 2.26. The van der Waals surface area contributed by atoms with E-state index in [1.165, 1.54) is 37.5 Å². The molecule has 0 bridgehead atoms. The lowest BCUT2D eigenvalue weighted by molar-refractivity contribution is 0.0669. The molecule has 0 unspecified atom stereocenters. The van der Waals surface area contributed by atoms with Crippen LogP contribution in [0.2, 0.25) is 0 Å². The van der Waals surface area contributed by atoms with E-state index in [2.05, 4.69) is 10.3 Å². The van der Waals surface area contributed by atoms with E-state index in [9.17, 15) is 14.4 Å². The number of carboxylic acids is 1. The largest absolute Gasteiger partial charge is 0.494 e. The molecule has 2 N–H and O–H groups in total. The summed E-state index contributed by atoms with van der Waals surface area (Å²) < 4.78 is 5.93. The molecule has 0 atom stereocenters. The summed E-state index contributed by atoms with van der Waals surface area (Å²) in [7, 11) is 0. The lowest BCUT2D eigenvalue weighted by atomic mass is 9.87. The van der Waals surface area contributed by atoms with Crippen molar-refractivity contribution in [2.45, 2.75) is 38.5 Å². The second-order valence-corrected chi connectivity index (χ2v) is 9.58. The minimum absolute atomic E-state index is 0.0798. The fourth-order valence-corrected chi connectivity index (χ4v) is 5.11. The number of hydrogen-bond acceptors (Lipinski definition) is 6. The van der Waals surface area contributed by atoms with E-state index in [1.54, 1.807) is 21.9 Å². The van der Waals surface area contributed by atoms with Gasteiger partial charge in [-0.1, -0.05) is 38.2 Å². The molecule has 2 aliphatic rings. The normalized spacial score (nSPS) is 16.8. The summed E-state index contributed by atoms with van der Waals surface area (Å²) >= 11 is 1.06. The van der Waals surface area contributed by atoms with E-state index in [4.69, 9.17) is 9.84 Å². The molecule has 10 heteroatoms. The van der Waals surface area contributed by atoms with Crippen LogP contribution >= 0.6 is 11.3 Å². The number of nitrogens with one attached hydrogen (secondary N) is 1. The Kier molecular flexibility index (Phi) is 7.99. The number of hydrogen-bond donors (Lipinski definition) is 2. The van der Waals surface area contributed by atoms with Crippen molar-refractivity contribution in [2.24, 2.45) is 5.92 Å². The number of carbonyl (C=O) groups excluding carboxylic acids is 2. The van der Waals surface area contributed by atoms with Crippen molar-refractivity contribution in [3.63, 3.8) is 0 Å². The number of ether oxygens (including phenoxy) is 1. The number of rotatable bonds is 7. The third kappa shape index (κ3) is 6.25. The van der Waals surface area contributed by atoms with Gasteiger partial charge in [0.1, 0.15) is 5.75 Å². The fraction of sp³-hybridized carbons (Fsp3) is 0.500. The second-order valence-electron chi connectivity index (χ2n) is 8.72. The predicted octanol–water partition coefficient (Wildman–Crippen LogP) is 4.18. The zero-order valence-corrected chi connectivity index (χ0v) is 19.9. The Morgan fingerprint density at radius 3 is 2.53 bits per heavy atom. The van der Waals surface area contributed by atoms with E-state index in [1.807, 2.05) is 12.1 Å². The molecule has 1 aromatic heterocycles. The molecule has 1 saturated heterocycles. The summed E-state index contributed by atoms with van der Waals surface area (Å²) in [6, 6.07) is 6.95. The number of anilines is 1. The number of carboxylic acid groups (broad SMARTS) is 1. The Morgan fingerprint density at radius 2 is 1.82 bits per heavy atom. The molecule has 2 fully saturated rings. The minimum Gasteiger partial charge on any atom is -0.494 e. The third-order valence-electron chi connectivity index (χ3n) is 6.39. The quantitative estimate of drug-likeness (QED) is 0.607. The van der Waals surface area contributed by atoms with Gasteiger partial charge in [-0.15, -0.1) is 11.3 Å². The van der Waals surface area contributed by atoms with Crippen LogP contribution < -0.4 is 10.1 Å². The molecular formula is C24H30N4O5S. The summed E-state index contributed by atoms with van der Waals surface area (Å²) in [6.07, 6.45) is 7.62. The van der Waals surface area contributed by atoms with Crippen LogP contribution in [-0.4, -0.2) is 70.6 Å². The maximum Gasteiger partial charge on any atom is 0.355 e. The van der Waals surface area contributed by atoms with Gasteiger partial charge in [-0.2, -0.15) is 0 Å². The van der Waals surface area contributed by atoms with Crippen molar-refractivity contribution in [3.8, 4) is 5.75 Å². The summed E-state index contributed by atoms with van der Waals surface area (Å²) in [4.78, 5) is 43.6. The number of piperazine rings is 1. The Bertz CT molecular complexity index is 1010. The Labute approximate surface area is 202 Å². The van der Waals surface area contributed by atoms with Crippen LogP contribution in [0.4, 0.5) is 9.93 Å². The first-order chi connectivity index (χ1) is 16.5. The second kappa shape index (κ2) is 11.3. The topological polar surface area (TPSA) is 112 Å². The van der Waals surface area contributed by atoms with Gasteiger partial charge in [0.05, 0.1) is 6.61 Å². The van der Waals surface area contributed by atoms with Gasteiger partial charge in [-0.25, -0.2) is 14.6 Å². The lowest BCUT2D eigenvalue weighted by Gasteiger charge is -2.34. The van der Waals surface area contributed by atoms with Gasteiger partial charge in [-0.05, 0) is 30.5 Å². The van der Waals surface area contributed by atoms with Crippen LogP contribution in [0.3, 0.4) is 0 Å². The molecule has 1 saturated carbocycles. The number of amides is 3.